The minimum Gasteiger partial charge on any atom is -0.352 e. The average Bonchev–Trinajstić information content (AvgIpc) is 3.11. The molecule has 2 rings (SSSR count). The maximum absolute atomic E-state index is 12.2. The maximum atomic E-state index is 12.2. The number of rotatable bonds is 9. The Kier molecular flexibility index (Phi) is 7.19. The van der Waals surface area contributed by atoms with E-state index in [0.717, 1.165) is 23.3 Å². The Morgan fingerprint density at radius 1 is 1.19 bits per heavy atom. The zero-order chi connectivity index (χ0) is 19.2. The fourth-order valence-corrected chi connectivity index (χ4v) is 4.61. The molecule has 1 unspecified atom stereocenters. The molecule has 1 atom stereocenters. The summed E-state index contributed by atoms with van der Waals surface area (Å²) in [5.74, 6) is 0.368. The Bertz CT molecular complexity index is 801. The van der Waals surface area contributed by atoms with E-state index in [1.807, 2.05) is 0 Å². The van der Waals surface area contributed by atoms with Crippen LogP contribution in [0.3, 0.4) is 0 Å². The number of hydrogen-bond acceptors (Lipinski definition) is 5. The van der Waals surface area contributed by atoms with Crippen LogP contribution in [0.25, 0.3) is 0 Å². The van der Waals surface area contributed by atoms with Crippen molar-refractivity contribution in [1.29, 1.82) is 0 Å². The molecule has 0 bridgehead atoms. The lowest BCUT2D eigenvalue weighted by Crippen LogP contribution is -2.41. The van der Waals surface area contributed by atoms with E-state index in [1.54, 1.807) is 41.8 Å². The highest BCUT2D eigenvalue weighted by atomic mass is 32.2. The molecule has 1 aromatic carbocycles. The van der Waals surface area contributed by atoms with Crippen LogP contribution in [0.15, 0.2) is 46.0 Å². The zero-order valence-corrected chi connectivity index (χ0v) is 16.6. The Morgan fingerprint density at radius 3 is 2.42 bits per heavy atom. The number of carbonyl (C=O) groups is 1. The summed E-state index contributed by atoms with van der Waals surface area (Å²) in [5.41, 5.74) is 6.97. The van der Waals surface area contributed by atoms with E-state index in [1.165, 1.54) is 0 Å². The second-order valence-corrected chi connectivity index (χ2v) is 9.40. The third-order valence-corrected chi connectivity index (χ3v) is 6.52. The number of nitrogens with two attached hydrogens (primary N) is 1. The van der Waals surface area contributed by atoms with E-state index < -0.39 is 10.0 Å². The fraction of sp³-hybridized carbons (Fsp3) is 0.389. The van der Waals surface area contributed by atoms with Crippen molar-refractivity contribution in [1.82, 2.24) is 5.32 Å². The summed E-state index contributed by atoms with van der Waals surface area (Å²) in [6.07, 6.45) is 1.07. The van der Waals surface area contributed by atoms with Crippen molar-refractivity contribution < 1.29 is 13.2 Å². The van der Waals surface area contributed by atoms with E-state index in [4.69, 9.17) is 5.73 Å². The Balaban J connectivity index is 1.94. The number of sulfonamides is 1. The molecular weight excluding hydrogens is 370 g/mol. The zero-order valence-electron chi connectivity index (χ0n) is 14.9. The molecule has 1 heterocycles. The minimum absolute atomic E-state index is 0.0284. The number of carbonyl (C=O) groups excluding carboxylic acids is 1. The van der Waals surface area contributed by atoms with Gasteiger partial charge in [0.2, 0.25) is 5.91 Å². The molecule has 0 radical (unpaired) electrons. The van der Waals surface area contributed by atoms with Crippen molar-refractivity contribution >= 4 is 33.0 Å². The predicted molar refractivity (Wildman–Crippen MR) is 106 cm³/mol. The molecule has 8 heteroatoms. The van der Waals surface area contributed by atoms with Crippen molar-refractivity contribution in [2.75, 3.05) is 11.3 Å². The first-order valence-electron chi connectivity index (χ1n) is 8.45. The Labute approximate surface area is 158 Å². The molecule has 0 aliphatic carbocycles. The van der Waals surface area contributed by atoms with Gasteiger partial charge in [-0.2, -0.15) is 0 Å². The van der Waals surface area contributed by atoms with Crippen molar-refractivity contribution in [2.45, 2.75) is 36.9 Å². The average molecular weight is 396 g/mol. The van der Waals surface area contributed by atoms with Gasteiger partial charge in [-0.25, -0.2) is 8.42 Å². The summed E-state index contributed by atoms with van der Waals surface area (Å²) in [7, 11) is -3.56. The highest BCUT2D eigenvalue weighted by Crippen LogP contribution is 2.20. The number of nitrogens with one attached hydrogen (secondary N) is 2. The quantitative estimate of drug-likeness (QED) is 0.607. The largest absolute Gasteiger partial charge is 0.352 e. The van der Waals surface area contributed by atoms with Gasteiger partial charge in [0.15, 0.2) is 0 Å². The van der Waals surface area contributed by atoms with Gasteiger partial charge in [-0.05, 0) is 41.5 Å². The van der Waals surface area contributed by atoms with Crippen molar-refractivity contribution in [3.8, 4) is 0 Å². The van der Waals surface area contributed by atoms with Gasteiger partial charge in [0.1, 0.15) is 4.21 Å². The number of benzene rings is 1. The van der Waals surface area contributed by atoms with Gasteiger partial charge in [0.25, 0.3) is 10.0 Å². The highest BCUT2D eigenvalue weighted by Gasteiger charge is 2.16. The predicted octanol–water partition coefficient (Wildman–Crippen LogP) is 2.58. The lowest BCUT2D eigenvalue weighted by Gasteiger charge is -2.18. The Hall–Kier alpha value is -1.90. The molecule has 1 aromatic heterocycles. The van der Waals surface area contributed by atoms with Crippen LogP contribution in [0, 0.1) is 5.92 Å². The van der Waals surface area contributed by atoms with Crippen LogP contribution >= 0.6 is 11.3 Å². The first-order valence-corrected chi connectivity index (χ1v) is 10.8. The van der Waals surface area contributed by atoms with Gasteiger partial charge >= 0.3 is 0 Å². The number of anilines is 1. The molecule has 2 aromatic rings. The number of amides is 1. The van der Waals surface area contributed by atoms with Crippen molar-refractivity contribution in [3.05, 3.63) is 47.3 Å². The lowest BCUT2D eigenvalue weighted by molar-refractivity contribution is -0.121. The molecule has 4 N–H and O–H groups in total. The number of hydrogen-bond donors (Lipinski definition) is 3. The molecule has 0 aliphatic heterocycles. The van der Waals surface area contributed by atoms with Gasteiger partial charge in [-0.15, -0.1) is 11.3 Å². The van der Waals surface area contributed by atoms with E-state index in [-0.39, 0.29) is 22.6 Å². The molecule has 0 saturated heterocycles. The molecule has 142 valence electrons. The fourth-order valence-electron chi connectivity index (χ4n) is 2.56. The summed E-state index contributed by atoms with van der Waals surface area (Å²) in [6.45, 7) is 4.59. The van der Waals surface area contributed by atoms with Crippen molar-refractivity contribution in [3.63, 3.8) is 0 Å². The van der Waals surface area contributed by atoms with Gasteiger partial charge in [0, 0.05) is 18.3 Å². The molecule has 0 spiro atoms. The monoisotopic (exact) mass is 395 g/mol. The standard InChI is InChI=1S/C18H25N3O3S2/c1-13(2)10-16(12-19)20-17(22)11-14-5-7-15(8-6-14)21-26(23,24)18-4-3-9-25-18/h3-9,13,16,21H,10-12,19H2,1-2H3,(H,20,22). The molecular formula is C18H25N3O3S2. The number of thiophene rings is 1. The highest BCUT2D eigenvalue weighted by molar-refractivity contribution is 7.94. The summed E-state index contributed by atoms with van der Waals surface area (Å²) in [6, 6.07) is 10.0. The second kappa shape index (κ2) is 9.16. The molecule has 1 amide bonds. The van der Waals surface area contributed by atoms with E-state index in [2.05, 4.69) is 23.9 Å². The lowest BCUT2D eigenvalue weighted by atomic mass is 10.0. The summed E-state index contributed by atoms with van der Waals surface area (Å²) >= 11 is 1.16. The first kappa shape index (κ1) is 20.4. The van der Waals surface area contributed by atoms with Gasteiger partial charge in [0.05, 0.1) is 6.42 Å². The van der Waals surface area contributed by atoms with Crippen LogP contribution in [0.4, 0.5) is 5.69 Å². The minimum atomic E-state index is -3.56. The van der Waals surface area contributed by atoms with Crippen molar-refractivity contribution in [2.24, 2.45) is 11.7 Å². The smallest absolute Gasteiger partial charge is 0.271 e. The Morgan fingerprint density at radius 2 is 1.88 bits per heavy atom. The van der Waals surface area contributed by atoms with Crippen LogP contribution in [0.1, 0.15) is 25.8 Å². The van der Waals surface area contributed by atoms with Crippen LogP contribution in [0.5, 0.6) is 0 Å². The molecule has 6 nitrogen and oxygen atoms in total. The first-order chi connectivity index (χ1) is 12.3. The van der Waals surface area contributed by atoms with E-state index >= 15 is 0 Å². The molecule has 0 aliphatic rings. The van der Waals surface area contributed by atoms with E-state index in [9.17, 15) is 13.2 Å². The maximum Gasteiger partial charge on any atom is 0.271 e. The van der Waals surface area contributed by atoms with Crippen LogP contribution in [-0.2, 0) is 21.2 Å². The second-order valence-electron chi connectivity index (χ2n) is 6.54. The molecule has 0 saturated carbocycles. The summed E-state index contributed by atoms with van der Waals surface area (Å²) < 4.78 is 27.2. The van der Waals surface area contributed by atoms with Gasteiger partial charge in [-0.3, -0.25) is 9.52 Å². The third-order valence-electron chi connectivity index (χ3n) is 3.74. The van der Waals surface area contributed by atoms with Gasteiger partial charge < -0.3 is 11.1 Å². The normalized spacial score (nSPS) is 12.8. The SMILES string of the molecule is CC(C)CC(CN)NC(=O)Cc1ccc(NS(=O)(=O)c2cccs2)cc1. The third kappa shape index (κ3) is 6.12. The molecule has 0 fully saturated rings. The molecule has 26 heavy (non-hydrogen) atoms. The van der Waals surface area contributed by atoms with Crippen LogP contribution in [0.2, 0.25) is 0 Å². The summed E-state index contributed by atoms with van der Waals surface area (Å²) in [4.78, 5) is 12.2. The van der Waals surface area contributed by atoms with Crippen LogP contribution in [-0.4, -0.2) is 26.9 Å². The van der Waals surface area contributed by atoms with E-state index in [0.29, 0.717) is 18.2 Å². The van der Waals surface area contributed by atoms with Gasteiger partial charge in [-0.1, -0.05) is 32.0 Å². The topological polar surface area (TPSA) is 101 Å². The van der Waals surface area contributed by atoms with Crippen LogP contribution < -0.4 is 15.8 Å². The summed E-state index contributed by atoms with van der Waals surface area (Å²) in [5, 5.41) is 4.66.